The maximum absolute atomic E-state index is 11.7. The molecule has 2 heteroatoms. The number of carbonyl (C=O) groups excluding carboxylic acids is 1. The van der Waals surface area contributed by atoms with Gasteiger partial charge in [0, 0.05) is 12.5 Å². The van der Waals surface area contributed by atoms with Crippen LogP contribution in [0, 0.1) is 17.8 Å². The molecule has 0 aromatic heterocycles. The molecular weight excluding hydrogens is 162 g/mol. The summed E-state index contributed by atoms with van der Waals surface area (Å²) in [6, 6.07) is 0. The molecule has 0 heterocycles. The van der Waals surface area contributed by atoms with Gasteiger partial charge in [-0.15, -0.1) is 0 Å². The van der Waals surface area contributed by atoms with E-state index in [1.807, 2.05) is 0 Å². The summed E-state index contributed by atoms with van der Waals surface area (Å²) in [7, 11) is 0. The van der Waals surface area contributed by atoms with Crippen LogP contribution in [0.2, 0.25) is 0 Å². The fourth-order valence-electron chi connectivity index (χ4n) is 2.95. The van der Waals surface area contributed by atoms with E-state index in [9.17, 15) is 4.79 Å². The molecule has 2 bridgehead atoms. The highest BCUT2D eigenvalue weighted by Crippen LogP contribution is 2.48. The number of hydrogen-bond acceptors (Lipinski definition) is 1. The molecule has 0 spiro atoms. The van der Waals surface area contributed by atoms with Crippen molar-refractivity contribution in [2.24, 2.45) is 17.8 Å². The van der Waals surface area contributed by atoms with Crippen molar-refractivity contribution in [2.75, 3.05) is 6.54 Å². The zero-order chi connectivity index (χ0) is 9.26. The lowest BCUT2D eigenvalue weighted by atomic mass is 9.88. The van der Waals surface area contributed by atoms with Gasteiger partial charge in [-0.2, -0.15) is 0 Å². The minimum Gasteiger partial charge on any atom is -0.356 e. The Labute approximate surface area is 80.1 Å². The second-order valence-electron chi connectivity index (χ2n) is 4.57. The first kappa shape index (κ1) is 9.04. The predicted molar refractivity (Wildman–Crippen MR) is 52.2 cm³/mol. The smallest absolute Gasteiger partial charge is 0.223 e. The Morgan fingerprint density at radius 2 is 2.23 bits per heavy atom. The van der Waals surface area contributed by atoms with E-state index in [1.165, 1.54) is 25.7 Å². The van der Waals surface area contributed by atoms with Crippen LogP contribution >= 0.6 is 0 Å². The molecule has 0 aromatic rings. The second kappa shape index (κ2) is 3.69. The number of nitrogens with one attached hydrogen (secondary N) is 1. The number of rotatable bonds is 3. The second-order valence-corrected chi connectivity index (χ2v) is 4.57. The molecule has 0 radical (unpaired) electrons. The van der Waals surface area contributed by atoms with Crippen molar-refractivity contribution >= 4 is 5.91 Å². The quantitative estimate of drug-likeness (QED) is 0.708. The average Bonchev–Trinajstić information content (AvgIpc) is 2.74. The van der Waals surface area contributed by atoms with Crippen LogP contribution in [0.1, 0.15) is 39.0 Å². The Bertz CT molecular complexity index is 202. The average molecular weight is 181 g/mol. The summed E-state index contributed by atoms with van der Waals surface area (Å²) < 4.78 is 0. The SMILES string of the molecule is CCCNC(=O)C1CC2CC[C@@H]1C2. The molecule has 1 amide bonds. The highest BCUT2D eigenvalue weighted by molar-refractivity contribution is 5.79. The van der Waals surface area contributed by atoms with Gasteiger partial charge < -0.3 is 5.32 Å². The van der Waals surface area contributed by atoms with Crippen molar-refractivity contribution in [2.45, 2.75) is 39.0 Å². The molecule has 0 aromatic carbocycles. The summed E-state index contributed by atoms with van der Waals surface area (Å²) >= 11 is 0. The summed E-state index contributed by atoms with van der Waals surface area (Å²) in [6.07, 6.45) is 6.22. The topological polar surface area (TPSA) is 29.1 Å². The van der Waals surface area contributed by atoms with Crippen LogP contribution in [0.15, 0.2) is 0 Å². The molecule has 1 N–H and O–H groups in total. The molecule has 0 aliphatic heterocycles. The van der Waals surface area contributed by atoms with E-state index < -0.39 is 0 Å². The highest BCUT2D eigenvalue weighted by atomic mass is 16.1. The van der Waals surface area contributed by atoms with Gasteiger partial charge in [-0.25, -0.2) is 0 Å². The zero-order valence-electron chi connectivity index (χ0n) is 8.38. The molecule has 3 atom stereocenters. The van der Waals surface area contributed by atoms with Gasteiger partial charge in [0.15, 0.2) is 0 Å². The lowest BCUT2D eigenvalue weighted by Crippen LogP contribution is -2.33. The van der Waals surface area contributed by atoms with E-state index in [1.54, 1.807) is 0 Å². The zero-order valence-corrected chi connectivity index (χ0v) is 8.38. The number of hydrogen-bond donors (Lipinski definition) is 1. The first-order chi connectivity index (χ1) is 6.31. The lowest BCUT2D eigenvalue weighted by molar-refractivity contribution is -0.126. The number of amides is 1. The minimum atomic E-state index is 0.328. The van der Waals surface area contributed by atoms with Gasteiger partial charge in [0.1, 0.15) is 0 Å². The van der Waals surface area contributed by atoms with E-state index in [-0.39, 0.29) is 0 Å². The monoisotopic (exact) mass is 181 g/mol. The third-order valence-corrected chi connectivity index (χ3v) is 3.62. The summed E-state index contributed by atoms with van der Waals surface area (Å²) in [5.74, 6) is 2.29. The lowest BCUT2D eigenvalue weighted by Gasteiger charge is -2.20. The van der Waals surface area contributed by atoms with Crippen molar-refractivity contribution in [3.63, 3.8) is 0 Å². The molecule has 13 heavy (non-hydrogen) atoms. The molecule has 74 valence electrons. The molecular formula is C11H19NO. The van der Waals surface area contributed by atoms with Gasteiger partial charge in [0.25, 0.3) is 0 Å². The molecule has 0 saturated heterocycles. The predicted octanol–water partition coefficient (Wildman–Crippen LogP) is 1.95. The Balaban J connectivity index is 1.84. The molecule has 2 saturated carbocycles. The third kappa shape index (κ3) is 1.72. The molecule has 2 aliphatic rings. The normalized spacial score (nSPS) is 36.5. The maximum atomic E-state index is 11.7. The number of fused-ring (bicyclic) bond motifs is 2. The molecule has 2 aliphatic carbocycles. The molecule has 2 unspecified atom stereocenters. The van der Waals surface area contributed by atoms with Crippen molar-refractivity contribution in [3.8, 4) is 0 Å². The Kier molecular flexibility index (Phi) is 2.56. The van der Waals surface area contributed by atoms with Crippen LogP contribution in [0.25, 0.3) is 0 Å². The summed E-state index contributed by atoms with van der Waals surface area (Å²) in [5.41, 5.74) is 0. The van der Waals surface area contributed by atoms with E-state index >= 15 is 0 Å². The maximum Gasteiger partial charge on any atom is 0.223 e. The van der Waals surface area contributed by atoms with Crippen molar-refractivity contribution in [1.29, 1.82) is 0 Å². The Hall–Kier alpha value is -0.530. The van der Waals surface area contributed by atoms with Crippen LogP contribution in [0.4, 0.5) is 0 Å². The van der Waals surface area contributed by atoms with Crippen LogP contribution in [0.3, 0.4) is 0 Å². The van der Waals surface area contributed by atoms with E-state index in [0.717, 1.165) is 24.8 Å². The fraction of sp³-hybridized carbons (Fsp3) is 0.909. The van der Waals surface area contributed by atoms with Crippen molar-refractivity contribution in [3.05, 3.63) is 0 Å². The summed E-state index contributed by atoms with van der Waals surface area (Å²) in [5, 5.41) is 3.02. The fourth-order valence-corrected chi connectivity index (χ4v) is 2.95. The standard InChI is InChI=1S/C11H19NO/c1-2-5-12-11(13)10-7-8-3-4-9(10)6-8/h8-10H,2-7H2,1H3,(H,12,13)/t8?,9-,10?/m1/s1. The van der Waals surface area contributed by atoms with Crippen LogP contribution in [-0.2, 0) is 4.79 Å². The third-order valence-electron chi connectivity index (χ3n) is 3.62. The Morgan fingerprint density at radius 1 is 1.38 bits per heavy atom. The number of carbonyl (C=O) groups is 1. The summed E-state index contributed by atoms with van der Waals surface area (Å²) in [4.78, 5) is 11.7. The van der Waals surface area contributed by atoms with Crippen molar-refractivity contribution in [1.82, 2.24) is 5.32 Å². The van der Waals surface area contributed by atoms with Gasteiger partial charge in [-0.05, 0) is 37.5 Å². The van der Waals surface area contributed by atoms with Crippen molar-refractivity contribution < 1.29 is 4.79 Å². The van der Waals surface area contributed by atoms with Crippen LogP contribution in [-0.4, -0.2) is 12.5 Å². The first-order valence-electron chi connectivity index (χ1n) is 5.59. The molecule has 2 nitrogen and oxygen atoms in total. The van der Waals surface area contributed by atoms with Crippen LogP contribution in [0.5, 0.6) is 0 Å². The summed E-state index contributed by atoms with van der Waals surface area (Å²) in [6.45, 7) is 2.95. The minimum absolute atomic E-state index is 0.328. The van der Waals surface area contributed by atoms with Gasteiger partial charge in [0.2, 0.25) is 5.91 Å². The molecule has 2 rings (SSSR count). The van der Waals surface area contributed by atoms with Gasteiger partial charge in [-0.3, -0.25) is 4.79 Å². The van der Waals surface area contributed by atoms with Gasteiger partial charge in [-0.1, -0.05) is 13.3 Å². The van der Waals surface area contributed by atoms with Crippen LogP contribution < -0.4 is 5.32 Å². The largest absolute Gasteiger partial charge is 0.356 e. The molecule has 2 fully saturated rings. The van der Waals surface area contributed by atoms with E-state index in [4.69, 9.17) is 0 Å². The van der Waals surface area contributed by atoms with Gasteiger partial charge in [0.05, 0.1) is 0 Å². The van der Waals surface area contributed by atoms with E-state index in [2.05, 4.69) is 12.2 Å². The van der Waals surface area contributed by atoms with E-state index in [0.29, 0.717) is 11.8 Å². The highest BCUT2D eigenvalue weighted by Gasteiger charge is 2.42. The van der Waals surface area contributed by atoms with Gasteiger partial charge >= 0.3 is 0 Å². The Morgan fingerprint density at radius 3 is 2.77 bits per heavy atom. The first-order valence-corrected chi connectivity index (χ1v) is 5.59.